The number of carbonyl (C=O) groups is 1. The first-order valence-corrected chi connectivity index (χ1v) is 10.3. The second-order valence-electron chi connectivity index (χ2n) is 8.00. The summed E-state index contributed by atoms with van der Waals surface area (Å²) < 4.78 is 6.08. The number of aryl methyl sites for hydroxylation is 1. The van der Waals surface area contributed by atoms with Crippen molar-refractivity contribution in [3.8, 4) is 5.75 Å². The van der Waals surface area contributed by atoms with Crippen molar-refractivity contribution in [2.24, 2.45) is 0 Å². The van der Waals surface area contributed by atoms with Crippen molar-refractivity contribution < 1.29 is 9.53 Å². The molecule has 0 unspecified atom stereocenters. The highest BCUT2D eigenvalue weighted by atomic mass is 16.5. The molecular formula is C24H29NO2. The number of ether oxygens (including phenoxy) is 1. The van der Waals surface area contributed by atoms with E-state index in [0.29, 0.717) is 12.0 Å². The van der Waals surface area contributed by atoms with Gasteiger partial charge in [-0.3, -0.25) is 4.79 Å². The molecule has 3 heteroatoms. The van der Waals surface area contributed by atoms with E-state index in [1.54, 1.807) is 0 Å². The van der Waals surface area contributed by atoms with Gasteiger partial charge in [0, 0.05) is 24.6 Å². The van der Waals surface area contributed by atoms with E-state index >= 15 is 0 Å². The third-order valence-corrected chi connectivity index (χ3v) is 6.06. The molecule has 1 aliphatic carbocycles. The lowest BCUT2D eigenvalue weighted by Gasteiger charge is -2.23. The molecule has 2 aromatic rings. The van der Waals surface area contributed by atoms with Crippen LogP contribution in [0, 0.1) is 6.92 Å². The monoisotopic (exact) mass is 363 g/mol. The fraction of sp³-hybridized carbons (Fsp3) is 0.458. The van der Waals surface area contributed by atoms with Crippen molar-refractivity contribution in [3.63, 3.8) is 0 Å². The summed E-state index contributed by atoms with van der Waals surface area (Å²) in [7, 11) is 0. The third kappa shape index (κ3) is 4.18. The Morgan fingerprint density at radius 2 is 1.70 bits per heavy atom. The first-order chi connectivity index (χ1) is 13.2. The number of carbonyl (C=O) groups excluding carboxylic acids is 1. The molecule has 27 heavy (non-hydrogen) atoms. The number of rotatable bonds is 4. The highest BCUT2D eigenvalue weighted by Crippen LogP contribution is 2.30. The van der Waals surface area contributed by atoms with Crippen LogP contribution >= 0.6 is 0 Å². The van der Waals surface area contributed by atoms with Gasteiger partial charge in [0.15, 0.2) is 0 Å². The second kappa shape index (κ2) is 8.16. The normalized spacial score (nSPS) is 20.6. The summed E-state index contributed by atoms with van der Waals surface area (Å²) in [5.74, 6) is 1.47. The van der Waals surface area contributed by atoms with Crippen LogP contribution in [0.1, 0.15) is 65.9 Å². The summed E-state index contributed by atoms with van der Waals surface area (Å²) in [6.45, 7) is 3.80. The molecular weight excluding hydrogens is 334 g/mol. The first-order valence-electron chi connectivity index (χ1n) is 10.3. The number of hydrogen-bond donors (Lipinski definition) is 0. The predicted molar refractivity (Wildman–Crippen MR) is 108 cm³/mol. The van der Waals surface area contributed by atoms with E-state index in [-0.39, 0.29) is 5.91 Å². The van der Waals surface area contributed by atoms with Crippen LogP contribution in [0.15, 0.2) is 48.5 Å². The van der Waals surface area contributed by atoms with Crippen LogP contribution in [-0.2, 0) is 0 Å². The van der Waals surface area contributed by atoms with E-state index in [9.17, 15) is 4.79 Å². The first kappa shape index (κ1) is 18.1. The highest BCUT2D eigenvalue weighted by Gasteiger charge is 2.28. The standard InChI is InChI=1S/C24H29NO2/c1-18-7-5-6-10-23(18)20-15-16-25(17-20)24(26)19-11-13-22(14-12-19)27-21-8-3-2-4-9-21/h5-7,10-14,20-21H,2-4,8-9,15-17H2,1H3/t20-/m1/s1. The van der Waals surface area contributed by atoms with Crippen molar-refractivity contribution in [1.82, 2.24) is 4.90 Å². The van der Waals surface area contributed by atoms with Gasteiger partial charge in [-0.25, -0.2) is 0 Å². The highest BCUT2D eigenvalue weighted by molar-refractivity contribution is 5.94. The summed E-state index contributed by atoms with van der Waals surface area (Å²) in [6, 6.07) is 16.3. The van der Waals surface area contributed by atoms with Crippen LogP contribution in [0.25, 0.3) is 0 Å². The molecule has 1 aliphatic heterocycles. The number of amides is 1. The Hall–Kier alpha value is -2.29. The summed E-state index contributed by atoms with van der Waals surface area (Å²) in [5.41, 5.74) is 3.46. The summed E-state index contributed by atoms with van der Waals surface area (Å²) in [6.07, 6.45) is 7.53. The van der Waals surface area contributed by atoms with Crippen molar-refractivity contribution in [1.29, 1.82) is 0 Å². The van der Waals surface area contributed by atoms with Gasteiger partial charge < -0.3 is 9.64 Å². The Morgan fingerprint density at radius 3 is 2.44 bits per heavy atom. The lowest BCUT2D eigenvalue weighted by atomic mass is 9.94. The number of benzene rings is 2. The van der Waals surface area contributed by atoms with E-state index in [1.807, 2.05) is 29.2 Å². The number of hydrogen-bond acceptors (Lipinski definition) is 2. The zero-order chi connectivity index (χ0) is 18.6. The van der Waals surface area contributed by atoms with Crippen molar-refractivity contribution in [2.75, 3.05) is 13.1 Å². The Bertz CT molecular complexity index is 777. The Labute approximate surface area is 162 Å². The molecule has 0 aromatic heterocycles. The SMILES string of the molecule is Cc1ccccc1[C@@H]1CCN(C(=O)c2ccc(OC3CCCCC3)cc2)C1. The Balaban J connectivity index is 1.37. The lowest BCUT2D eigenvalue weighted by molar-refractivity contribution is 0.0790. The van der Waals surface area contributed by atoms with Gasteiger partial charge in [0.05, 0.1) is 6.10 Å². The van der Waals surface area contributed by atoms with Gasteiger partial charge in [-0.1, -0.05) is 30.7 Å². The van der Waals surface area contributed by atoms with Crippen molar-refractivity contribution in [2.45, 2.75) is 57.5 Å². The Kier molecular flexibility index (Phi) is 5.47. The van der Waals surface area contributed by atoms with E-state index in [0.717, 1.165) is 43.7 Å². The van der Waals surface area contributed by atoms with Crippen molar-refractivity contribution >= 4 is 5.91 Å². The summed E-state index contributed by atoms with van der Waals surface area (Å²) in [4.78, 5) is 14.9. The quantitative estimate of drug-likeness (QED) is 0.734. The van der Waals surface area contributed by atoms with Crippen LogP contribution in [0.3, 0.4) is 0 Å². The fourth-order valence-corrected chi connectivity index (χ4v) is 4.48. The zero-order valence-electron chi connectivity index (χ0n) is 16.2. The van der Waals surface area contributed by atoms with E-state index < -0.39 is 0 Å². The predicted octanol–water partition coefficient (Wildman–Crippen LogP) is 5.34. The van der Waals surface area contributed by atoms with E-state index in [1.165, 1.54) is 30.4 Å². The molecule has 2 aromatic carbocycles. The fourth-order valence-electron chi connectivity index (χ4n) is 4.48. The molecule has 0 spiro atoms. The molecule has 3 nitrogen and oxygen atoms in total. The largest absolute Gasteiger partial charge is 0.490 e. The van der Waals surface area contributed by atoms with Crippen LogP contribution in [0.5, 0.6) is 5.75 Å². The zero-order valence-corrected chi connectivity index (χ0v) is 16.2. The molecule has 1 saturated carbocycles. The maximum absolute atomic E-state index is 12.9. The minimum absolute atomic E-state index is 0.135. The van der Waals surface area contributed by atoms with Crippen molar-refractivity contribution in [3.05, 3.63) is 65.2 Å². The summed E-state index contributed by atoms with van der Waals surface area (Å²) >= 11 is 0. The molecule has 142 valence electrons. The minimum Gasteiger partial charge on any atom is -0.490 e. The van der Waals surface area contributed by atoms with E-state index in [4.69, 9.17) is 4.74 Å². The number of nitrogens with zero attached hydrogens (tertiary/aromatic N) is 1. The average molecular weight is 364 g/mol. The summed E-state index contributed by atoms with van der Waals surface area (Å²) in [5, 5.41) is 0. The maximum atomic E-state index is 12.9. The molecule has 1 heterocycles. The molecule has 2 aliphatic rings. The molecule has 4 rings (SSSR count). The molecule has 1 atom stereocenters. The van der Waals surface area contributed by atoms with Crippen LogP contribution in [0.4, 0.5) is 0 Å². The molecule has 1 amide bonds. The maximum Gasteiger partial charge on any atom is 0.253 e. The second-order valence-corrected chi connectivity index (χ2v) is 8.00. The van der Waals surface area contributed by atoms with Crippen LogP contribution in [-0.4, -0.2) is 30.0 Å². The molecule has 0 bridgehead atoms. The smallest absolute Gasteiger partial charge is 0.253 e. The van der Waals surface area contributed by atoms with Gasteiger partial charge in [-0.2, -0.15) is 0 Å². The van der Waals surface area contributed by atoms with Crippen LogP contribution in [0.2, 0.25) is 0 Å². The van der Waals surface area contributed by atoms with Gasteiger partial charge >= 0.3 is 0 Å². The molecule has 0 N–H and O–H groups in total. The topological polar surface area (TPSA) is 29.5 Å². The Morgan fingerprint density at radius 1 is 0.963 bits per heavy atom. The third-order valence-electron chi connectivity index (χ3n) is 6.06. The van der Waals surface area contributed by atoms with Gasteiger partial charge in [-0.05, 0) is 74.4 Å². The van der Waals surface area contributed by atoms with Gasteiger partial charge in [0.1, 0.15) is 5.75 Å². The van der Waals surface area contributed by atoms with E-state index in [2.05, 4.69) is 31.2 Å². The molecule has 2 fully saturated rings. The van der Waals surface area contributed by atoms with Crippen LogP contribution < -0.4 is 4.74 Å². The minimum atomic E-state index is 0.135. The molecule has 0 radical (unpaired) electrons. The lowest BCUT2D eigenvalue weighted by Crippen LogP contribution is -2.28. The molecule has 1 saturated heterocycles. The van der Waals surface area contributed by atoms with Gasteiger partial charge in [0.2, 0.25) is 0 Å². The average Bonchev–Trinajstić information content (AvgIpc) is 3.19. The van der Waals surface area contributed by atoms with Gasteiger partial charge in [0.25, 0.3) is 5.91 Å². The van der Waals surface area contributed by atoms with Gasteiger partial charge in [-0.15, -0.1) is 0 Å². The number of likely N-dealkylation sites (tertiary alicyclic amines) is 1.